The van der Waals surface area contributed by atoms with Crippen molar-refractivity contribution in [2.75, 3.05) is 0 Å². The number of hydrogen-bond donors (Lipinski definition) is 1. The number of aliphatic imine (C=N–C) groups is 1. The van der Waals surface area contributed by atoms with E-state index in [0.717, 1.165) is 11.5 Å². The lowest BCUT2D eigenvalue weighted by Gasteiger charge is -2.35. The van der Waals surface area contributed by atoms with Gasteiger partial charge in [-0.2, -0.15) is 0 Å². The third-order valence-corrected chi connectivity index (χ3v) is 3.73. The maximum atomic E-state index is 6.05. The van der Waals surface area contributed by atoms with Crippen LogP contribution < -0.4 is 5.73 Å². The summed E-state index contributed by atoms with van der Waals surface area (Å²) < 4.78 is 0. The van der Waals surface area contributed by atoms with Gasteiger partial charge in [0.25, 0.3) is 0 Å². The van der Waals surface area contributed by atoms with Crippen molar-refractivity contribution in [3.63, 3.8) is 0 Å². The van der Waals surface area contributed by atoms with Crippen LogP contribution in [-0.4, -0.2) is 5.84 Å². The molecule has 3 rings (SSSR count). The van der Waals surface area contributed by atoms with Crippen LogP contribution >= 0.6 is 0 Å². The summed E-state index contributed by atoms with van der Waals surface area (Å²) in [6.45, 7) is 0. The second-order valence-electron chi connectivity index (χ2n) is 4.59. The van der Waals surface area contributed by atoms with E-state index in [1.54, 1.807) is 0 Å². The lowest BCUT2D eigenvalue weighted by atomic mass is 9.73. The first-order valence-corrected chi connectivity index (χ1v) is 5.79. The lowest BCUT2D eigenvalue weighted by molar-refractivity contribution is 0.376. The summed E-state index contributed by atoms with van der Waals surface area (Å²) in [4.78, 5) is 4.52. The first-order valence-electron chi connectivity index (χ1n) is 5.79. The van der Waals surface area contributed by atoms with Gasteiger partial charge in [-0.1, -0.05) is 31.0 Å². The van der Waals surface area contributed by atoms with Crippen LogP contribution in [-0.2, 0) is 0 Å². The van der Waals surface area contributed by atoms with Crippen LogP contribution in [0.15, 0.2) is 29.3 Å². The predicted molar refractivity (Wildman–Crippen MR) is 62.4 cm³/mol. The molecule has 1 saturated carbocycles. The molecule has 1 aliphatic heterocycles. The summed E-state index contributed by atoms with van der Waals surface area (Å²) in [6, 6.07) is 8.45. The Hall–Kier alpha value is -1.31. The smallest absolute Gasteiger partial charge is 0.103 e. The van der Waals surface area contributed by atoms with Gasteiger partial charge in [0.15, 0.2) is 0 Å². The molecule has 0 radical (unpaired) electrons. The van der Waals surface area contributed by atoms with Crippen molar-refractivity contribution in [3.8, 4) is 0 Å². The predicted octanol–water partition coefficient (Wildman–Crippen LogP) is 2.96. The standard InChI is InChI=1S/C13H16N2/c14-13-11-7-2-1-5-9(11)10-6-3-4-8-12(10)15-13/h3-4,6,8-9,11H,1-2,5,7H2,(H2,14,15). The Kier molecular flexibility index (Phi) is 2.01. The molecule has 2 atom stereocenters. The van der Waals surface area contributed by atoms with Crippen molar-refractivity contribution in [2.45, 2.75) is 31.6 Å². The first kappa shape index (κ1) is 8.96. The van der Waals surface area contributed by atoms with E-state index in [1.165, 1.54) is 31.2 Å². The molecule has 1 aromatic carbocycles. The Morgan fingerprint density at radius 2 is 1.80 bits per heavy atom. The van der Waals surface area contributed by atoms with Gasteiger partial charge in [0.2, 0.25) is 0 Å². The van der Waals surface area contributed by atoms with Gasteiger partial charge in [0.05, 0.1) is 5.69 Å². The molecule has 0 saturated heterocycles. The molecule has 2 heteroatoms. The highest BCUT2D eigenvalue weighted by atomic mass is 14.9. The Labute approximate surface area is 90.2 Å². The maximum absolute atomic E-state index is 6.05. The van der Waals surface area contributed by atoms with Gasteiger partial charge in [-0.05, 0) is 30.4 Å². The lowest BCUT2D eigenvalue weighted by Crippen LogP contribution is -2.33. The highest BCUT2D eigenvalue weighted by molar-refractivity contribution is 5.89. The number of benzene rings is 1. The number of rotatable bonds is 0. The maximum Gasteiger partial charge on any atom is 0.103 e. The molecule has 1 aromatic rings. The number of hydrogen-bond acceptors (Lipinski definition) is 2. The molecule has 1 fully saturated rings. The summed E-state index contributed by atoms with van der Waals surface area (Å²) in [5.74, 6) is 2.00. The molecule has 1 aliphatic carbocycles. The zero-order valence-electron chi connectivity index (χ0n) is 8.82. The minimum absolute atomic E-state index is 0.508. The normalized spacial score (nSPS) is 28.9. The van der Waals surface area contributed by atoms with Gasteiger partial charge in [-0.15, -0.1) is 0 Å². The molecule has 78 valence electrons. The van der Waals surface area contributed by atoms with Crippen LogP contribution in [0.1, 0.15) is 37.2 Å². The van der Waals surface area contributed by atoms with Crippen LogP contribution in [0.2, 0.25) is 0 Å². The van der Waals surface area contributed by atoms with Gasteiger partial charge in [-0.25, -0.2) is 4.99 Å². The first-order chi connectivity index (χ1) is 7.36. The fourth-order valence-corrected chi connectivity index (χ4v) is 2.98. The molecule has 0 spiro atoms. The van der Waals surface area contributed by atoms with Crippen molar-refractivity contribution in [3.05, 3.63) is 29.8 Å². The van der Waals surface area contributed by atoms with Gasteiger partial charge in [0.1, 0.15) is 5.84 Å². The van der Waals surface area contributed by atoms with Crippen LogP contribution in [0.4, 0.5) is 5.69 Å². The van der Waals surface area contributed by atoms with E-state index in [4.69, 9.17) is 5.73 Å². The Morgan fingerprint density at radius 3 is 2.67 bits per heavy atom. The molecule has 2 unspecified atom stereocenters. The van der Waals surface area contributed by atoms with Crippen LogP contribution in [0, 0.1) is 5.92 Å². The van der Waals surface area contributed by atoms with E-state index < -0.39 is 0 Å². The Morgan fingerprint density at radius 1 is 1.07 bits per heavy atom. The summed E-state index contributed by atoms with van der Waals surface area (Å²) in [5.41, 5.74) is 8.56. The SMILES string of the molecule is NC1=Nc2ccccc2C2CCCCC12. The molecule has 0 bridgehead atoms. The molecule has 1 heterocycles. The second kappa shape index (κ2) is 3.37. The minimum atomic E-state index is 0.508. The largest absolute Gasteiger partial charge is 0.387 e. The van der Waals surface area contributed by atoms with Gasteiger partial charge < -0.3 is 5.73 Å². The fraction of sp³-hybridized carbons (Fsp3) is 0.462. The zero-order valence-corrected chi connectivity index (χ0v) is 8.82. The van der Waals surface area contributed by atoms with E-state index in [1.807, 2.05) is 6.07 Å². The molecule has 2 nitrogen and oxygen atoms in total. The Bertz CT molecular complexity index is 409. The molecule has 0 amide bonds. The average molecular weight is 200 g/mol. The topological polar surface area (TPSA) is 38.4 Å². The van der Waals surface area contributed by atoms with E-state index in [-0.39, 0.29) is 0 Å². The number of fused-ring (bicyclic) bond motifs is 3. The number of para-hydroxylation sites is 1. The molecule has 15 heavy (non-hydrogen) atoms. The number of nitrogens with zero attached hydrogens (tertiary/aromatic N) is 1. The van der Waals surface area contributed by atoms with Gasteiger partial charge in [-0.3, -0.25) is 0 Å². The molecule has 2 aliphatic rings. The van der Waals surface area contributed by atoms with E-state index >= 15 is 0 Å². The number of nitrogens with two attached hydrogens (primary N) is 1. The van der Waals surface area contributed by atoms with Crippen LogP contribution in [0.5, 0.6) is 0 Å². The zero-order chi connectivity index (χ0) is 10.3. The summed E-state index contributed by atoms with van der Waals surface area (Å²) in [6.07, 6.45) is 5.13. The highest BCUT2D eigenvalue weighted by Gasteiger charge is 2.33. The van der Waals surface area contributed by atoms with Crippen molar-refractivity contribution < 1.29 is 0 Å². The Balaban J connectivity index is 2.10. The van der Waals surface area contributed by atoms with Crippen molar-refractivity contribution in [1.29, 1.82) is 0 Å². The summed E-state index contributed by atoms with van der Waals surface area (Å²) in [7, 11) is 0. The minimum Gasteiger partial charge on any atom is -0.387 e. The van der Waals surface area contributed by atoms with Crippen LogP contribution in [0.25, 0.3) is 0 Å². The second-order valence-corrected chi connectivity index (χ2v) is 4.59. The third kappa shape index (κ3) is 1.36. The average Bonchev–Trinajstić information content (AvgIpc) is 2.30. The summed E-state index contributed by atoms with van der Waals surface area (Å²) >= 11 is 0. The van der Waals surface area contributed by atoms with E-state index in [2.05, 4.69) is 23.2 Å². The number of amidine groups is 1. The van der Waals surface area contributed by atoms with E-state index in [0.29, 0.717) is 11.8 Å². The van der Waals surface area contributed by atoms with Gasteiger partial charge >= 0.3 is 0 Å². The van der Waals surface area contributed by atoms with Crippen molar-refractivity contribution in [2.24, 2.45) is 16.6 Å². The molecule has 0 aromatic heterocycles. The summed E-state index contributed by atoms with van der Waals surface area (Å²) in [5, 5.41) is 0. The molecular weight excluding hydrogens is 184 g/mol. The van der Waals surface area contributed by atoms with Gasteiger partial charge in [0, 0.05) is 5.92 Å². The quantitative estimate of drug-likeness (QED) is 0.687. The molecular formula is C13H16N2. The van der Waals surface area contributed by atoms with Crippen molar-refractivity contribution >= 4 is 11.5 Å². The molecule has 2 N–H and O–H groups in total. The highest BCUT2D eigenvalue weighted by Crippen LogP contribution is 2.44. The fourth-order valence-electron chi connectivity index (χ4n) is 2.98. The van der Waals surface area contributed by atoms with E-state index in [9.17, 15) is 0 Å². The van der Waals surface area contributed by atoms with Crippen LogP contribution in [0.3, 0.4) is 0 Å². The third-order valence-electron chi connectivity index (χ3n) is 3.73. The van der Waals surface area contributed by atoms with Crippen molar-refractivity contribution in [1.82, 2.24) is 0 Å². The monoisotopic (exact) mass is 200 g/mol.